The summed E-state index contributed by atoms with van der Waals surface area (Å²) in [5.41, 5.74) is 3.42. The Morgan fingerprint density at radius 1 is 1.44 bits per heavy atom. The van der Waals surface area contributed by atoms with E-state index in [0.29, 0.717) is 13.0 Å². The third-order valence-electron chi connectivity index (χ3n) is 6.87. The molecule has 4 unspecified atom stereocenters. The minimum absolute atomic E-state index is 0.0648. The van der Waals surface area contributed by atoms with Gasteiger partial charge in [-0.25, -0.2) is 0 Å². The van der Waals surface area contributed by atoms with Crippen molar-refractivity contribution in [3.05, 3.63) is 35.5 Å². The molecule has 6 nitrogen and oxygen atoms in total. The fourth-order valence-corrected chi connectivity index (χ4v) is 5.52. The summed E-state index contributed by atoms with van der Waals surface area (Å²) in [6.45, 7) is 1.22. The summed E-state index contributed by atoms with van der Waals surface area (Å²) in [5.74, 6) is -0.508. The zero-order chi connectivity index (χ0) is 18.6. The lowest BCUT2D eigenvalue weighted by Gasteiger charge is -2.49. The van der Waals surface area contributed by atoms with Gasteiger partial charge in [-0.2, -0.15) is 0 Å². The van der Waals surface area contributed by atoms with E-state index in [4.69, 9.17) is 9.47 Å². The number of hydrogen-bond acceptors (Lipinski definition) is 5. The summed E-state index contributed by atoms with van der Waals surface area (Å²) >= 11 is 0. The number of aliphatic hydroxyl groups excluding tert-OH is 1. The van der Waals surface area contributed by atoms with Crippen LogP contribution in [0.15, 0.2) is 24.3 Å². The van der Waals surface area contributed by atoms with Crippen LogP contribution in [-0.4, -0.2) is 59.5 Å². The van der Waals surface area contributed by atoms with Crippen LogP contribution in [0.3, 0.4) is 0 Å². The van der Waals surface area contributed by atoms with Crippen LogP contribution in [0.1, 0.15) is 36.6 Å². The molecule has 2 N–H and O–H groups in total. The van der Waals surface area contributed by atoms with Gasteiger partial charge in [-0.3, -0.25) is 9.69 Å². The van der Waals surface area contributed by atoms with Crippen LogP contribution < -0.4 is 0 Å². The summed E-state index contributed by atoms with van der Waals surface area (Å²) in [6.07, 6.45) is 3.28. The van der Waals surface area contributed by atoms with E-state index in [9.17, 15) is 9.90 Å². The zero-order valence-corrected chi connectivity index (χ0v) is 15.6. The summed E-state index contributed by atoms with van der Waals surface area (Å²) < 4.78 is 11.4. The molecule has 0 radical (unpaired) electrons. The van der Waals surface area contributed by atoms with Gasteiger partial charge in [-0.1, -0.05) is 18.2 Å². The van der Waals surface area contributed by atoms with Crippen molar-refractivity contribution in [2.75, 3.05) is 26.9 Å². The number of methoxy groups -OCH3 is 1. The number of fused-ring (bicyclic) bond motifs is 5. The molecule has 3 aliphatic rings. The number of H-pyrrole nitrogens is 1. The van der Waals surface area contributed by atoms with Crippen LogP contribution in [0.4, 0.5) is 0 Å². The Bertz CT molecular complexity index is 878. The molecule has 2 bridgehead atoms. The number of piperidine rings is 1. The van der Waals surface area contributed by atoms with Crippen LogP contribution in [-0.2, 0) is 20.7 Å². The van der Waals surface area contributed by atoms with Crippen molar-refractivity contribution in [1.29, 1.82) is 0 Å². The first-order valence-corrected chi connectivity index (χ1v) is 9.84. The van der Waals surface area contributed by atoms with E-state index in [1.165, 1.54) is 29.3 Å². The molecular weight excluding hydrogens is 344 g/mol. The van der Waals surface area contributed by atoms with Gasteiger partial charge in [-0.15, -0.1) is 0 Å². The van der Waals surface area contributed by atoms with Gasteiger partial charge in [0.25, 0.3) is 0 Å². The second-order valence-electron chi connectivity index (χ2n) is 8.16. The summed E-state index contributed by atoms with van der Waals surface area (Å²) in [6, 6.07) is 8.74. The number of aliphatic hydroxyl groups is 1. The SMILES string of the molecule is COC(=O)C1COC2(CCO)CCC3c4[nH]c5ccccc5c4CC1N3C2. The number of aromatic amines is 1. The van der Waals surface area contributed by atoms with Crippen molar-refractivity contribution >= 4 is 16.9 Å². The summed E-state index contributed by atoms with van der Waals surface area (Å²) in [7, 11) is 1.45. The van der Waals surface area contributed by atoms with Crippen molar-refractivity contribution in [1.82, 2.24) is 9.88 Å². The van der Waals surface area contributed by atoms with Crippen LogP contribution in [0.2, 0.25) is 0 Å². The van der Waals surface area contributed by atoms with E-state index in [0.717, 1.165) is 25.8 Å². The van der Waals surface area contributed by atoms with E-state index in [1.807, 2.05) is 0 Å². The first-order valence-electron chi connectivity index (χ1n) is 9.84. The summed E-state index contributed by atoms with van der Waals surface area (Å²) in [4.78, 5) is 18.7. The number of benzene rings is 1. The van der Waals surface area contributed by atoms with Gasteiger partial charge in [0.15, 0.2) is 0 Å². The maximum atomic E-state index is 12.6. The molecule has 0 spiro atoms. The van der Waals surface area contributed by atoms with Gasteiger partial charge in [0.1, 0.15) is 0 Å². The number of nitrogens with one attached hydrogen (secondary N) is 1. The van der Waals surface area contributed by atoms with Crippen LogP contribution >= 0.6 is 0 Å². The fourth-order valence-electron chi connectivity index (χ4n) is 5.52. The molecule has 1 aromatic heterocycles. The fraction of sp³-hybridized carbons (Fsp3) is 0.571. The standard InChI is InChI=1S/C21H26N2O4/c1-26-20(25)15-11-27-21(8-9-24)7-6-17-19-14(10-18(15)23(17)12-21)13-4-2-3-5-16(13)22-19/h2-5,15,17-18,22,24H,6-12H2,1H3. The molecule has 2 fully saturated rings. The number of esters is 1. The Labute approximate surface area is 158 Å². The molecule has 2 saturated heterocycles. The second-order valence-corrected chi connectivity index (χ2v) is 8.16. The average molecular weight is 370 g/mol. The predicted octanol–water partition coefficient (Wildman–Crippen LogP) is 2.17. The van der Waals surface area contributed by atoms with E-state index in [1.54, 1.807) is 0 Å². The molecule has 4 atom stereocenters. The van der Waals surface area contributed by atoms with Gasteiger partial charge >= 0.3 is 5.97 Å². The Morgan fingerprint density at radius 2 is 2.30 bits per heavy atom. The number of carbonyl (C=O) groups excluding carboxylic acids is 1. The Hall–Kier alpha value is -1.89. The van der Waals surface area contributed by atoms with E-state index < -0.39 is 0 Å². The lowest BCUT2D eigenvalue weighted by Crippen LogP contribution is -2.56. The molecule has 3 aliphatic heterocycles. The van der Waals surface area contributed by atoms with Gasteiger partial charge in [-0.05, 0) is 30.9 Å². The lowest BCUT2D eigenvalue weighted by molar-refractivity contribution is -0.150. The normalized spacial score (nSPS) is 32.7. The maximum absolute atomic E-state index is 12.6. The highest BCUT2D eigenvalue weighted by atomic mass is 16.5. The van der Waals surface area contributed by atoms with Crippen LogP contribution in [0, 0.1) is 5.92 Å². The Balaban J connectivity index is 1.63. The van der Waals surface area contributed by atoms with Crippen molar-refractivity contribution in [3.63, 3.8) is 0 Å². The van der Waals surface area contributed by atoms with Gasteiger partial charge in [0, 0.05) is 42.2 Å². The molecule has 144 valence electrons. The highest BCUT2D eigenvalue weighted by Crippen LogP contribution is 2.48. The van der Waals surface area contributed by atoms with E-state index >= 15 is 0 Å². The summed E-state index contributed by atoms with van der Waals surface area (Å²) in [5, 5.41) is 10.9. The molecule has 0 saturated carbocycles. The number of nitrogens with zero attached hydrogens (tertiary/aromatic N) is 1. The van der Waals surface area contributed by atoms with E-state index in [2.05, 4.69) is 34.1 Å². The number of aromatic nitrogens is 1. The van der Waals surface area contributed by atoms with Crippen molar-refractivity contribution in [2.24, 2.45) is 5.92 Å². The average Bonchev–Trinajstić information content (AvgIpc) is 3.00. The predicted molar refractivity (Wildman–Crippen MR) is 100 cm³/mol. The largest absolute Gasteiger partial charge is 0.469 e. The Kier molecular flexibility index (Phi) is 4.04. The van der Waals surface area contributed by atoms with Gasteiger partial charge < -0.3 is 19.6 Å². The van der Waals surface area contributed by atoms with Crippen molar-refractivity contribution in [3.8, 4) is 0 Å². The first-order chi connectivity index (χ1) is 13.2. The number of hydrogen-bond donors (Lipinski definition) is 2. The van der Waals surface area contributed by atoms with Crippen molar-refractivity contribution in [2.45, 2.75) is 43.4 Å². The smallest absolute Gasteiger partial charge is 0.312 e. The van der Waals surface area contributed by atoms with E-state index in [-0.39, 0.29) is 36.2 Å². The van der Waals surface area contributed by atoms with Gasteiger partial charge in [0.05, 0.1) is 31.3 Å². The van der Waals surface area contributed by atoms with Crippen LogP contribution in [0.5, 0.6) is 0 Å². The second kappa shape index (κ2) is 6.33. The molecular formula is C21H26N2O4. The van der Waals surface area contributed by atoms with Crippen LogP contribution in [0.25, 0.3) is 10.9 Å². The monoisotopic (exact) mass is 370 g/mol. The molecule has 27 heavy (non-hydrogen) atoms. The Morgan fingerprint density at radius 3 is 3.11 bits per heavy atom. The highest BCUT2D eigenvalue weighted by Gasteiger charge is 2.52. The number of para-hydroxylation sites is 1. The number of ether oxygens (including phenoxy) is 2. The zero-order valence-electron chi connectivity index (χ0n) is 15.6. The first kappa shape index (κ1) is 17.2. The van der Waals surface area contributed by atoms with Gasteiger partial charge in [0.2, 0.25) is 0 Å². The quantitative estimate of drug-likeness (QED) is 0.810. The minimum atomic E-state index is -0.365. The topological polar surface area (TPSA) is 74.8 Å². The molecule has 4 heterocycles. The molecule has 6 heteroatoms. The molecule has 1 aromatic carbocycles. The number of carbonyl (C=O) groups is 1. The lowest BCUT2D eigenvalue weighted by atomic mass is 9.78. The molecule has 5 rings (SSSR count). The maximum Gasteiger partial charge on any atom is 0.312 e. The van der Waals surface area contributed by atoms with Crippen molar-refractivity contribution < 1.29 is 19.4 Å². The molecule has 0 amide bonds. The molecule has 0 aliphatic carbocycles. The highest BCUT2D eigenvalue weighted by molar-refractivity contribution is 5.85. The minimum Gasteiger partial charge on any atom is -0.469 e. The third kappa shape index (κ3) is 2.54. The third-order valence-corrected chi connectivity index (χ3v) is 6.87. The molecule has 2 aromatic rings. The number of rotatable bonds is 3.